The number of hydrogen-bond donors (Lipinski definition) is 2. The molecule has 5 nitrogen and oxygen atoms in total. The predicted octanol–water partition coefficient (Wildman–Crippen LogP) is 0.488. The quantitative estimate of drug-likeness (QED) is 0.325. The second kappa shape index (κ2) is 6.81. The maximum atomic E-state index is 5.60. The van der Waals surface area contributed by atoms with Crippen LogP contribution >= 0.6 is 0 Å². The summed E-state index contributed by atoms with van der Waals surface area (Å²) in [5.41, 5.74) is 2.76. The van der Waals surface area contributed by atoms with Gasteiger partial charge in [-0.1, -0.05) is 13.8 Å². The van der Waals surface area contributed by atoms with Crippen molar-refractivity contribution in [3.8, 4) is 0 Å². The summed E-state index contributed by atoms with van der Waals surface area (Å²) >= 11 is 0. The largest absolute Gasteiger partial charge is 0.338 e. The first-order chi connectivity index (χ1) is 8.04. The molecule has 1 rings (SSSR count). The Balaban J connectivity index is 2.63. The normalized spacial score (nSPS) is 21.7. The molecule has 0 spiro atoms. The van der Waals surface area contributed by atoms with E-state index in [-0.39, 0.29) is 0 Å². The molecule has 0 aliphatic carbocycles. The molecule has 0 saturated carbocycles. The van der Waals surface area contributed by atoms with Gasteiger partial charge in [-0.2, -0.15) is 0 Å². The summed E-state index contributed by atoms with van der Waals surface area (Å²) in [5, 5.41) is 0. The van der Waals surface area contributed by atoms with Crippen LogP contribution in [0.1, 0.15) is 26.7 Å². The van der Waals surface area contributed by atoms with Crippen molar-refractivity contribution in [1.82, 2.24) is 15.2 Å². The lowest BCUT2D eigenvalue weighted by Crippen LogP contribution is -2.49. The molecule has 0 aromatic heterocycles. The van der Waals surface area contributed by atoms with Gasteiger partial charge in [0, 0.05) is 25.7 Å². The van der Waals surface area contributed by atoms with Gasteiger partial charge in [0.25, 0.3) is 0 Å². The lowest BCUT2D eigenvalue weighted by molar-refractivity contribution is 0.280. The van der Waals surface area contributed by atoms with E-state index in [4.69, 9.17) is 5.84 Å². The van der Waals surface area contributed by atoms with Gasteiger partial charge in [0.15, 0.2) is 0 Å². The van der Waals surface area contributed by atoms with Crippen LogP contribution in [0.25, 0.3) is 0 Å². The molecule has 17 heavy (non-hydrogen) atoms. The van der Waals surface area contributed by atoms with E-state index >= 15 is 0 Å². The fourth-order valence-corrected chi connectivity index (χ4v) is 2.21. The van der Waals surface area contributed by atoms with Crippen molar-refractivity contribution >= 4 is 5.96 Å². The molecule has 1 aliphatic heterocycles. The lowest BCUT2D eigenvalue weighted by atomic mass is 10.2. The predicted molar refractivity (Wildman–Crippen MR) is 72.7 cm³/mol. The van der Waals surface area contributed by atoms with E-state index in [1.54, 1.807) is 0 Å². The average Bonchev–Trinajstić information content (AvgIpc) is 2.66. The highest BCUT2D eigenvalue weighted by Crippen LogP contribution is 2.17. The van der Waals surface area contributed by atoms with Crippen molar-refractivity contribution < 1.29 is 0 Å². The Morgan fingerprint density at radius 1 is 1.53 bits per heavy atom. The second-order valence-corrected chi connectivity index (χ2v) is 5.45. The van der Waals surface area contributed by atoms with Crippen molar-refractivity contribution in [3.63, 3.8) is 0 Å². The highest BCUT2D eigenvalue weighted by molar-refractivity contribution is 5.80. The summed E-state index contributed by atoms with van der Waals surface area (Å²) in [5.74, 6) is 7.01. The second-order valence-electron chi connectivity index (χ2n) is 5.45. The number of likely N-dealkylation sites (tertiary alicyclic amines) is 1. The molecule has 100 valence electrons. The third-order valence-electron chi connectivity index (χ3n) is 2.96. The average molecular weight is 241 g/mol. The molecule has 0 bridgehead atoms. The number of nitrogens with zero attached hydrogens (tertiary/aromatic N) is 3. The van der Waals surface area contributed by atoms with Crippen LogP contribution < -0.4 is 11.3 Å². The van der Waals surface area contributed by atoms with Crippen LogP contribution in [-0.2, 0) is 0 Å². The number of hydrogen-bond acceptors (Lipinski definition) is 3. The monoisotopic (exact) mass is 241 g/mol. The Labute approximate surface area is 105 Å². The fourth-order valence-electron chi connectivity index (χ4n) is 2.21. The van der Waals surface area contributed by atoms with Crippen LogP contribution in [0.2, 0.25) is 0 Å². The number of hydrazine groups is 1. The zero-order valence-electron chi connectivity index (χ0n) is 11.6. The van der Waals surface area contributed by atoms with E-state index in [1.165, 1.54) is 12.8 Å². The van der Waals surface area contributed by atoms with Gasteiger partial charge in [-0.3, -0.25) is 10.4 Å². The van der Waals surface area contributed by atoms with Crippen molar-refractivity contribution in [3.05, 3.63) is 0 Å². The maximum Gasteiger partial charge on any atom is 0.208 e. The van der Waals surface area contributed by atoms with Crippen LogP contribution in [0.15, 0.2) is 4.99 Å². The summed E-state index contributed by atoms with van der Waals surface area (Å²) in [4.78, 5) is 9.10. The number of aliphatic imine (C=N–C) groups is 1. The molecule has 3 N–H and O–H groups in total. The summed E-state index contributed by atoms with van der Waals surface area (Å²) in [6, 6.07) is 0.534. The molecule has 1 saturated heterocycles. The van der Waals surface area contributed by atoms with Gasteiger partial charge in [-0.25, -0.2) is 5.84 Å². The fraction of sp³-hybridized carbons (Fsp3) is 0.917. The number of nitrogens with two attached hydrogens (primary N) is 1. The molecule has 0 aromatic carbocycles. The minimum absolute atomic E-state index is 0.534. The summed E-state index contributed by atoms with van der Waals surface area (Å²) < 4.78 is 0. The van der Waals surface area contributed by atoms with Crippen molar-refractivity contribution in [1.29, 1.82) is 0 Å². The first-order valence-corrected chi connectivity index (χ1v) is 6.47. The van der Waals surface area contributed by atoms with Crippen LogP contribution in [0.4, 0.5) is 0 Å². The molecule has 0 radical (unpaired) electrons. The van der Waals surface area contributed by atoms with Crippen LogP contribution in [-0.4, -0.2) is 55.5 Å². The molecule has 1 aliphatic rings. The highest BCUT2D eigenvalue weighted by Gasteiger charge is 2.27. The van der Waals surface area contributed by atoms with E-state index in [1.807, 2.05) is 0 Å². The third-order valence-corrected chi connectivity index (χ3v) is 2.96. The van der Waals surface area contributed by atoms with Crippen LogP contribution in [0.3, 0.4) is 0 Å². The van der Waals surface area contributed by atoms with Gasteiger partial charge in [0.1, 0.15) is 0 Å². The third kappa shape index (κ3) is 4.52. The van der Waals surface area contributed by atoms with Crippen molar-refractivity contribution in [2.24, 2.45) is 16.8 Å². The number of likely N-dealkylation sites (N-methyl/N-ethyl adjacent to an activating group) is 1. The molecule has 5 heteroatoms. The Bertz CT molecular complexity index is 249. The smallest absolute Gasteiger partial charge is 0.208 e. The van der Waals surface area contributed by atoms with Gasteiger partial charge in [-0.15, -0.1) is 0 Å². The highest BCUT2D eigenvalue weighted by atomic mass is 15.4. The van der Waals surface area contributed by atoms with E-state index in [0.717, 1.165) is 25.6 Å². The van der Waals surface area contributed by atoms with Gasteiger partial charge < -0.3 is 9.80 Å². The topological polar surface area (TPSA) is 56.9 Å². The van der Waals surface area contributed by atoms with Crippen molar-refractivity contribution in [2.75, 3.05) is 33.7 Å². The van der Waals surface area contributed by atoms with E-state index in [2.05, 4.69) is 48.2 Å². The molecule has 1 atom stereocenters. The Kier molecular flexibility index (Phi) is 5.71. The Morgan fingerprint density at radius 3 is 2.76 bits per heavy atom. The standard InChI is InChI=1S/C12H27N5/c1-10(2)8-14-12(15-13)17-7-5-6-11(17)9-16(3)4/h10-11H,5-9,13H2,1-4H3,(H,14,15). The molecular weight excluding hydrogens is 214 g/mol. The Hall–Kier alpha value is -0.810. The lowest BCUT2D eigenvalue weighted by Gasteiger charge is -2.29. The van der Waals surface area contributed by atoms with Crippen LogP contribution in [0.5, 0.6) is 0 Å². The summed E-state index contributed by atoms with van der Waals surface area (Å²) in [7, 11) is 4.22. The Morgan fingerprint density at radius 2 is 2.24 bits per heavy atom. The minimum atomic E-state index is 0.534. The molecule has 0 amide bonds. The first kappa shape index (κ1) is 14.3. The molecular formula is C12H27N5. The van der Waals surface area contributed by atoms with E-state index in [0.29, 0.717) is 12.0 Å². The SMILES string of the molecule is CC(C)CN=C(NN)N1CCCC1CN(C)C. The molecule has 1 unspecified atom stereocenters. The zero-order valence-corrected chi connectivity index (χ0v) is 11.6. The molecule has 1 heterocycles. The summed E-state index contributed by atoms with van der Waals surface area (Å²) in [6.45, 7) is 7.27. The first-order valence-electron chi connectivity index (χ1n) is 6.47. The molecule has 0 aromatic rings. The summed E-state index contributed by atoms with van der Waals surface area (Å²) in [6.07, 6.45) is 2.45. The number of guanidine groups is 1. The zero-order chi connectivity index (χ0) is 12.8. The van der Waals surface area contributed by atoms with Gasteiger partial charge >= 0.3 is 0 Å². The van der Waals surface area contributed by atoms with Crippen molar-refractivity contribution in [2.45, 2.75) is 32.7 Å². The van der Waals surface area contributed by atoms with Gasteiger partial charge in [-0.05, 0) is 32.9 Å². The van der Waals surface area contributed by atoms with Crippen LogP contribution in [0, 0.1) is 5.92 Å². The van der Waals surface area contributed by atoms with Gasteiger partial charge in [0.2, 0.25) is 5.96 Å². The minimum Gasteiger partial charge on any atom is -0.338 e. The maximum absolute atomic E-state index is 5.60. The van der Waals surface area contributed by atoms with E-state index < -0.39 is 0 Å². The molecule has 1 fully saturated rings. The van der Waals surface area contributed by atoms with E-state index in [9.17, 15) is 0 Å². The van der Waals surface area contributed by atoms with Gasteiger partial charge in [0.05, 0.1) is 0 Å². The number of nitrogens with one attached hydrogen (secondary N) is 1. The number of rotatable bonds is 4.